The summed E-state index contributed by atoms with van der Waals surface area (Å²) in [5.74, 6) is 0. The average molecular weight is 160 g/mol. The van der Waals surface area contributed by atoms with Gasteiger partial charge in [-0.1, -0.05) is 0 Å². The van der Waals surface area contributed by atoms with Gasteiger partial charge in [-0.3, -0.25) is 0 Å². The van der Waals surface area contributed by atoms with Crippen molar-refractivity contribution in [2.45, 2.75) is 18.6 Å². The lowest BCUT2D eigenvalue weighted by Gasteiger charge is -2.27. The number of hydrogen-bond acceptors (Lipinski definition) is 3. The van der Waals surface area contributed by atoms with Gasteiger partial charge in [0.05, 0.1) is 12.1 Å². The predicted molar refractivity (Wildman–Crippen MR) is 38.4 cm³/mol. The molecule has 11 heavy (non-hydrogen) atoms. The van der Waals surface area contributed by atoms with Gasteiger partial charge < -0.3 is 20.8 Å². The van der Waals surface area contributed by atoms with Crippen molar-refractivity contribution in [3.63, 3.8) is 0 Å². The number of β-amino-alcohol motifs (C(OH)–C–C–N with tert-alkyl or cyclic N) is 1. The summed E-state index contributed by atoms with van der Waals surface area (Å²) in [5, 5.41) is 22.8. The molecule has 0 aromatic heterocycles. The van der Waals surface area contributed by atoms with E-state index in [9.17, 15) is 9.90 Å². The first-order chi connectivity index (χ1) is 5.20. The topological polar surface area (TPSA) is 81.6 Å². The Morgan fingerprint density at radius 3 is 2.91 bits per heavy atom. The fourth-order valence-electron chi connectivity index (χ4n) is 1.17. The van der Waals surface area contributed by atoms with Crippen LogP contribution in [0.5, 0.6) is 0 Å². The summed E-state index contributed by atoms with van der Waals surface area (Å²) in [6, 6.07) is -0.311. The third-order valence-corrected chi connectivity index (χ3v) is 1.76. The second kappa shape index (κ2) is 3.54. The van der Waals surface area contributed by atoms with E-state index in [1.165, 1.54) is 0 Å². The Kier molecular flexibility index (Phi) is 2.67. The van der Waals surface area contributed by atoms with E-state index >= 15 is 0 Å². The molecule has 0 aromatic carbocycles. The van der Waals surface area contributed by atoms with E-state index in [2.05, 4.69) is 10.6 Å². The van der Waals surface area contributed by atoms with Crippen LogP contribution < -0.4 is 10.6 Å². The first-order valence-corrected chi connectivity index (χ1v) is 3.58. The van der Waals surface area contributed by atoms with Crippen molar-refractivity contribution in [3.05, 3.63) is 0 Å². The first kappa shape index (κ1) is 8.29. The van der Waals surface area contributed by atoms with Crippen molar-refractivity contribution < 1.29 is 15.0 Å². The summed E-state index contributed by atoms with van der Waals surface area (Å²) in [5.41, 5.74) is 0. The monoisotopic (exact) mass is 160 g/mol. The van der Waals surface area contributed by atoms with Crippen LogP contribution in [0, 0.1) is 0 Å². The van der Waals surface area contributed by atoms with Crippen molar-refractivity contribution in [1.82, 2.24) is 10.6 Å². The summed E-state index contributed by atoms with van der Waals surface area (Å²) in [4.78, 5) is 10.2. The maximum atomic E-state index is 10.2. The molecule has 4 N–H and O–H groups in total. The van der Waals surface area contributed by atoms with Gasteiger partial charge in [-0.25, -0.2) is 4.79 Å². The predicted octanol–water partition coefficient (Wildman–Crippen LogP) is -1.02. The maximum Gasteiger partial charge on any atom is 0.404 e. The van der Waals surface area contributed by atoms with Crippen LogP contribution in [0.3, 0.4) is 0 Å². The minimum Gasteiger partial charge on any atom is -0.465 e. The van der Waals surface area contributed by atoms with Gasteiger partial charge in [0.15, 0.2) is 0 Å². The van der Waals surface area contributed by atoms with Crippen LogP contribution in [0.1, 0.15) is 6.42 Å². The summed E-state index contributed by atoms with van der Waals surface area (Å²) in [7, 11) is 0. The zero-order valence-corrected chi connectivity index (χ0v) is 6.08. The molecule has 1 aliphatic rings. The number of carboxylic acid groups (broad SMARTS) is 1. The number of rotatable bonds is 1. The van der Waals surface area contributed by atoms with E-state index in [0.717, 1.165) is 6.54 Å². The Morgan fingerprint density at radius 1 is 1.64 bits per heavy atom. The van der Waals surface area contributed by atoms with E-state index in [0.29, 0.717) is 13.0 Å². The van der Waals surface area contributed by atoms with E-state index in [-0.39, 0.29) is 6.04 Å². The Balaban J connectivity index is 2.35. The smallest absolute Gasteiger partial charge is 0.404 e. The minimum absolute atomic E-state index is 0.311. The second-order valence-corrected chi connectivity index (χ2v) is 2.62. The zero-order valence-electron chi connectivity index (χ0n) is 6.08. The third kappa shape index (κ3) is 2.36. The average Bonchev–Trinajstić information content (AvgIpc) is 1.93. The number of aliphatic hydroxyl groups is 1. The highest BCUT2D eigenvalue weighted by Gasteiger charge is 2.23. The molecule has 0 aliphatic carbocycles. The number of carbonyl (C=O) groups is 1. The van der Waals surface area contributed by atoms with Crippen molar-refractivity contribution in [2.75, 3.05) is 13.1 Å². The van der Waals surface area contributed by atoms with Gasteiger partial charge in [0.1, 0.15) is 0 Å². The third-order valence-electron chi connectivity index (χ3n) is 1.76. The molecule has 5 nitrogen and oxygen atoms in total. The Morgan fingerprint density at radius 2 is 2.36 bits per heavy atom. The van der Waals surface area contributed by atoms with E-state index in [1.807, 2.05) is 0 Å². The molecule has 1 heterocycles. The Labute approximate surface area is 64.4 Å². The van der Waals surface area contributed by atoms with Crippen LogP contribution in [-0.4, -0.2) is 41.5 Å². The number of piperidine rings is 1. The lowest BCUT2D eigenvalue weighted by atomic mass is 10.0. The second-order valence-electron chi connectivity index (χ2n) is 2.62. The van der Waals surface area contributed by atoms with E-state index in [4.69, 9.17) is 5.11 Å². The van der Waals surface area contributed by atoms with Crippen molar-refractivity contribution in [2.24, 2.45) is 0 Å². The quantitative estimate of drug-likeness (QED) is 0.395. The molecule has 1 aliphatic heterocycles. The lowest BCUT2D eigenvalue weighted by Crippen LogP contribution is -2.52. The highest BCUT2D eigenvalue weighted by atomic mass is 16.4. The van der Waals surface area contributed by atoms with E-state index in [1.54, 1.807) is 0 Å². The molecule has 0 saturated carbocycles. The van der Waals surface area contributed by atoms with Gasteiger partial charge >= 0.3 is 6.09 Å². The summed E-state index contributed by atoms with van der Waals surface area (Å²) >= 11 is 0. The molecule has 2 atom stereocenters. The van der Waals surface area contributed by atoms with Crippen molar-refractivity contribution >= 4 is 6.09 Å². The van der Waals surface area contributed by atoms with Gasteiger partial charge in [-0.05, 0) is 13.0 Å². The molecule has 1 fully saturated rings. The summed E-state index contributed by atoms with van der Waals surface area (Å²) < 4.78 is 0. The number of amides is 1. The van der Waals surface area contributed by atoms with E-state index < -0.39 is 12.2 Å². The van der Waals surface area contributed by atoms with Crippen LogP contribution in [0.4, 0.5) is 4.79 Å². The molecule has 0 unspecified atom stereocenters. The van der Waals surface area contributed by atoms with Crippen LogP contribution in [0.15, 0.2) is 0 Å². The van der Waals surface area contributed by atoms with Gasteiger partial charge in [0, 0.05) is 6.54 Å². The van der Waals surface area contributed by atoms with Crippen LogP contribution >= 0.6 is 0 Å². The molecule has 0 aromatic rings. The Hall–Kier alpha value is -0.810. The zero-order chi connectivity index (χ0) is 8.27. The highest BCUT2D eigenvalue weighted by Crippen LogP contribution is 2.02. The van der Waals surface area contributed by atoms with Gasteiger partial charge in [0.25, 0.3) is 0 Å². The molecule has 0 spiro atoms. The molecule has 64 valence electrons. The fraction of sp³-hybridized carbons (Fsp3) is 0.833. The van der Waals surface area contributed by atoms with Gasteiger partial charge in [-0.2, -0.15) is 0 Å². The minimum atomic E-state index is -1.07. The highest BCUT2D eigenvalue weighted by molar-refractivity contribution is 5.64. The summed E-state index contributed by atoms with van der Waals surface area (Å²) in [6.45, 7) is 1.22. The molecule has 1 saturated heterocycles. The lowest BCUT2D eigenvalue weighted by molar-refractivity contribution is 0.0986. The first-order valence-electron chi connectivity index (χ1n) is 3.58. The van der Waals surface area contributed by atoms with Crippen LogP contribution in [-0.2, 0) is 0 Å². The SMILES string of the molecule is O=C(O)N[C@H]1CCNC[C@H]1O. The summed E-state index contributed by atoms with van der Waals surface area (Å²) in [6.07, 6.45) is -1.02. The number of hydrogen-bond donors (Lipinski definition) is 4. The Bertz CT molecular complexity index is 151. The van der Waals surface area contributed by atoms with Crippen LogP contribution in [0.25, 0.3) is 0 Å². The maximum absolute atomic E-state index is 10.2. The van der Waals surface area contributed by atoms with Gasteiger partial charge in [0.2, 0.25) is 0 Å². The normalized spacial score (nSPS) is 31.4. The largest absolute Gasteiger partial charge is 0.465 e. The fourth-order valence-corrected chi connectivity index (χ4v) is 1.17. The van der Waals surface area contributed by atoms with Crippen molar-refractivity contribution in [3.8, 4) is 0 Å². The van der Waals surface area contributed by atoms with Crippen LogP contribution in [0.2, 0.25) is 0 Å². The number of nitrogens with one attached hydrogen (secondary N) is 2. The molecule has 0 bridgehead atoms. The molecule has 0 radical (unpaired) electrons. The number of aliphatic hydroxyl groups excluding tert-OH is 1. The molecule has 5 heteroatoms. The molecular weight excluding hydrogens is 148 g/mol. The van der Waals surface area contributed by atoms with Crippen molar-refractivity contribution in [1.29, 1.82) is 0 Å². The standard InChI is InChI=1S/C6H12N2O3/c9-5-3-7-2-1-4(5)8-6(10)11/h4-5,7-9H,1-3H2,(H,10,11)/t4-,5+/m0/s1. The molecule has 1 amide bonds. The molecule has 1 rings (SSSR count). The van der Waals surface area contributed by atoms with Gasteiger partial charge in [-0.15, -0.1) is 0 Å². The molecular formula is C6H12N2O3.